The Bertz CT molecular complexity index is 1330. The normalized spacial score (nSPS) is 11.7. The summed E-state index contributed by atoms with van der Waals surface area (Å²) in [6.45, 7) is 0. The Morgan fingerprint density at radius 2 is 1.89 bits per heavy atom. The van der Waals surface area contributed by atoms with Crippen molar-refractivity contribution in [1.82, 2.24) is 19.9 Å². The number of aromatic nitrogens is 4. The van der Waals surface area contributed by atoms with Gasteiger partial charge in [0.15, 0.2) is 0 Å². The van der Waals surface area contributed by atoms with E-state index in [-0.39, 0.29) is 5.91 Å². The molecule has 5 aromatic rings. The predicted octanol–water partition coefficient (Wildman–Crippen LogP) is 4.24. The third-order valence-electron chi connectivity index (χ3n) is 4.50. The molecule has 6 nitrogen and oxygen atoms in total. The molecule has 0 fully saturated rings. The van der Waals surface area contributed by atoms with Gasteiger partial charge in [-0.1, -0.05) is 18.2 Å². The van der Waals surface area contributed by atoms with Crippen molar-refractivity contribution in [3.63, 3.8) is 0 Å². The summed E-state index contributed by atoms with van der Waals surface area (Å²) < 4.78 is 0. The lowest BCUT2D eigenvalue weighted by Crippen LogP contribution is -2.07. The first-order valence-corrected chi connectivity index (χ1v) is 8.55. The van der Waals surface area contributed by atoms with Crippen LogP contribution in [-0.4, -0.2) is 25.8 Å². The third kappa shape index (κ3) is 2.83. The molecule has 0 aliphatic carbocycles. The van der Waals surface area contributed by atoms with Crippen LogP contribution < -0.4 is 5.32 Å². The molecule has 0 saturated carbocycles. The molecule has 1 amide bonds. The molecule has 3 aromatic heterocycles. The van der Waals surface area contributed by atoms with Gasteiger partial charge < -0.3 is 15.3 Å². The standard InChI is InChI=1S/C21H15N5O/c27-21(25-14-5-7-18-19(10-14)24-12-23-18)8-6-13-9-16-15-3-1-2-4-17(15)26-20(16)11-22-13/h1-12,26H,(H,23,24)(H,25,27)/b8-6+. The lowest BCUT2D eigenvalue weighted by molar-refractivity contribution is -0.111. The number of fused-ring (bicyclic) bond motifs is 4. The lowest BCUT2D eigenvalue weighted by atomic mass is 10.1. The number of para-hydroxylation sites is 1. The molecule has 130 valence electrons. The number of imidazole rings is 1. The van der Waals surface area contributed by atoms with Gasteiger partial charge in [0.1, 0.15) is 0 Å². The number of nitrogens with zero attached hydrogens (tertiary/aromatic N) is 2. The van der Waals surface area contributed by atoms with Crippen LogP contribution in [0.3, 0.4) is 0 Å². The van der Waals surface area contributed by atoms with Gasteiger partial charge >= 0.3 is 0 Å². The Morgan fingerprint density at radius 3 is 2.85 bits per heavy atom. The van der Waals surface area contributed by atoms with E-state index >= 15 is 0 Å². The Balaban J connectivity index is 1.39. The molecule has 0 saturated heterocycles. The molecule has 0 spiro atoms. The number of benzene rings is 2. The van der Waals surface area contributed by atoms with Gasteiger partial charge in [-0.15, -0.1) is 0 Å². The van der Waals surface area contributed by atoms with E-state index < -0.39 is 0 Å². The highest BCUT2D eigenvalue weighted by Gasteiger charge is 2.05. The Hall–Kier alpha value is -3.93. The average Bonchev–Trinajstić information content (AvgIpc) is 3.30. The van der Waals surface area contributed by atoms with Gasteiger partial charge in [-0.2, -0.15) is 0 Å². The van der Waals surface area contributed by atoms with Crippen molar-refractivity contribution in [3.05, 3.63) is 72.8 Å². The summed E-state index contributed by atoms with van der Waals surface area (Å²) in [6, 6.07) is 15.6. The van der Waals surface area contributed by atoms with Crippen LogP contribution >= 0.6 is 0 Å². The first kappa shape index (κ1) is 15.3. The molecule has 0 bridgehead atoms. The molecule has 0 aliphatic heterocycles. The first-order valence-electron chi connectivity index (χ1n) is 8.55. The van der Waals surface area contributed by atoms with E-state index in [9.17, 15) is 4.79 Å². The zero-order valence-electron chi connectivity index (χ0n) is 14.2. The minimum absolute atomic E-state index is 0.213. The smallest absolute Gasteiger partial charge is 0.248 e. The number of anilines is 1. The number of hydrogen-bond acceptors (Lipinski definition) is 3. The van der Waals surface area contributed by atoms with Gasteiger partial charge in [-0.25, -0.2) is 4.98 Å². The molecule has 0 unspecified atom stereocenters. The molecule has 27 heavy (non-hydrogen) atoms. The topological polar surface area (TPSA) is 86.5 Å². The van der Waals surface area contributed by atoms with Crippen molar-refractivity contribution in [2.45, 2.75) is 0 Å². The number of pyridine rings is 1. The van der Waals surface area contributed by atoms with Crippen LogP contribution in [0, 0.1) is 0 Å². The zero-order valence-corrected chi connectivity index (χ0v) is 14.2. The maximum atomic E-state index is 12.2. The Morgan fingerprint density at radius 1 is 0.963 bits per heavy atom. The highest BCUT2D eigenvalue weighted by molar-refractivity contribution is 6.08. The van der Waals surface area contributed by atoms with Crippen molar-refractivity contribution < 1.29 is 4.79 Å². The second kappa shape index (κ2) is 6.10. The molecule has 6 heteroatoms. The zero-order chi connectivity index (χ0) is 18.2. The second-order valence-electron chi connectivity index (χ2n) is 6.28. The summed E-state index contributed by atoms with van der Waals surface area (Å²) in [6.07, 6.45) is 6.62. The minimum Gasteiger partial charge on any atom is -0.353 e. The number of hydrogen-bond donors (Lipinski definition) is 3. The van der Waals surface area contributed by atoms with Crippen LogP contribution in [0.2, 0.25) is 0 Å². The number of aromatic amines is 2. The SMILES string of the molecule is O=C(/C=C/c1cc2c(cn1)[nH]c1ccccc12)Nc1ccc2nc[nH]c2c1. The molecule has 0 aliphatic rings. The highest BCUT2D eigenvalue weighted by atomic mass is 16.1. The van der Waals surface area contributed by atoms with E-state index in [2.05, 4.69) is 31.3 Å². The van der Waals surface area contributed by atoms with Crippen molar-refractivity contribution >= 4 is 50.5 Å². The van der Waals surface area contributed by atoms with Gasteiger partial charge in [0, 0.05) is 28.1 Å². The second-order valence-corrected chi connectivity index (χ2v) is 6.28. The maximum absolute atomic E-state index is 12.2. The maximum Gasteiger partial charge on any atom is 0.248 e. The van der Waals surface area contributed by atoms with Crippen LogP contribution in [0.15, 0.2) is 67.1 Å². The van der Waals surface area contributed by atoms with Gasteiger partial charge in [0.05, 0.1) is 34.8 Å². The van der Waals surface area contributed by atoms with E-state index in [4.69, 9.17) is 0 Å². The van der Waals surface area contributed by atoms with Crippen molar-refractivity contribution in [1.29, 1.82) is 0 Å². The monoisotopic (exact) mass is 353 g/mol. The number of carbonyl (C=O) groups is 1. The molecule has 3 N–H and O–H groups in total. The van der Waals surface area contributed by atoms with Gasteiger partial charge in [0.2, 0.25) is 5.91 Å². The van der Waals surface area contributed by atoms with Gasteiger partial charge in [-0.05, 0) is 36.4 Å². The molecular weight excluding hydrogens is 338 g/mol. The van der Waals surface area contributed by atoms with Crippen molar-refractivity contribution in [3.8, 4) is 0 Å². The van der Waals surface area contributed by atoms with Crippen LogP contribution in [0.5, 0.6) is 0 Å². The Kier molecular flexibility index (Phi) is 3.47. The number of nitrogens with one attached hydrogen (secondary N) is 3. The Labute approximate surface area is 154 Å². The highest BCUT2D eigenvalue weighted by Crippen LogP contribution is 2.25. The van der Waals surface area contributed by atoms with Gasteiger partial charge in [-0.3, -0.25) is 9.78 Å². The fourth-order valence-corrected chi connectivity index (χ4v) is 3.22. The van der Waals surface area contributed by atoms with E-state index in [0.717, 1.165) is 38.5 Å². The van der Waals surface area contributed by atoms with Crippen LogP contribution in [0.25, 0.3) is 38.9 Å². The summed E-state index contributed by atoms with van der Waals surface area (Å²) >= 11 is 0. The van der Waals surface area contributed by atoms with E-state index in [0.29, 0.717) is 5.69 Å². The number of H-pyrrole nitrogens is 2. The quantitative estimate of drug-likeness (QED) is 0.424. The van der Waals surface area contributed by atoms with Crippen molar-refractivity contribution in [2.75, 3.05) is 5.32 Å². The molecule has 3 heterocycles. The minimum atomic E-state index is -0.213. The lowest BCUT2D eigenvalue weighted by Gasteiger charge is -2.01. The first-order chi connectivity index (χ1) is 13.3. The van der Waals surface area contributed by atoms with E-state index in [1.807, 2.05) is 42.5 Å². The van der Waals surface area contributed by atoms with E-state index in [1.165, 1.54) is 6.08 Å². The summed E-state index contributed by atoms with van der Waals surface area (Å²) in [7, 11) is 0. The molecule has 0 radical (unpaired) electrons. The van der Waals surface area contributed by atoms with Crippen LogP contribution in [0.1, 0.15) is 5.69 Å². The summed E-state index contributed by atoms with van der Waals surface area (Å²) in [4.78, 5) is 27.2. The van der Waals surface area contributed by atoms with Crippen LogP contribution in [-0.2, 0) is 4.79 Å². The third-order valence-corrected chi connectivity index (χ3v) is 4.50. The predicted molar refractivity (Wildman–Crippen MR) is 107 cm³/mol. The fourth-order valence-electron chi connectivity index (χ4n) is 3.22. The molecule has 2 aromatic carbocycles. The van der Waals surface area contributed by atoms with Crippen molar-refractivity contribution in [2.24, 2.45) is 0 Å². The fraction of sp³-hybridized carbons (Fsp3) is 0. The average molecular weight is 353 g/mol. The molecular formula is C21H15N5O. The van der Waals surface area contributed by atoms with Gasteiger partial charge in [0.25, 0.3) is 0 Å². The molecule has 5 rings (SSSR count). The molecule has 0 atom stereocenters. The summed E-state index contributed by atoms with van der Waals surface area (Å²) in [5.41, 5.74) is 5.23. The summed E-state index contributed by atoms with van der Waals surface area (Å²) in [5, 5.41) is 5.08. The number of carbonyl (C=O) groups excluding carboxylic acids is 1. The number of amides is 1. The largest absolute Gasteiger partial charge is 0.353 e. The van der Waals surface area contributed by atoms with Crippen LogP contribution in [0.4, 0.5) is 5.69 Å². The van der Waals surface area contributed by atoms with E-state index in [1.54, 1.807) is 18.6 Å². The number of rotatable bonds is 3. The summed E-state index contributed by atoms with van der Waals surface area (Å²) in [5.74, 6) is -0.213.